The van der Waals surface area contributed by atoms with Crippen molar-refractivity contribution in [3.8, 4) is 0 Å². The predicted octanol–water partition coefficient (Wildman–Crippen LogP) is -2.52. The average molecular weight is 517 g/mol. The fraction of sp³-hybridized carbons (Fsp3) is 0.526. The van der Waals surface area contributed by atoms with Crippen molar-refractivity contribution in [3.63, 3.8) is 0 Å². The van der Waals surface area contributed by atoms with Crippen molar-refractivity contribution in [1.82, 2.24) is 25.9 Å². The number of carbonyl (C=O) groups excluding carboxylic acids is 3. The van der Waals surface area contributed by atoms with Crippen LogP contribution in [-0.4, -0.2) is 90.8 Å². The van der Waals surface area contributed by atoms with Crippen LogP contribution in [0.25, 0.3) is 0 Å². The molecule has 15 nitrogen and oxygen atoms in total. The van der Waals surface area contributed by atoms with E-state index in [4.69, 9.17) is 21.1 Å². The molecule has 0 saturated carbocycles. The van der Waals surface area contributed by atoms with Gasteiger partial charge in [0.15, 0.2) is 0 Å². The Morgan fingerprint density at radius 1 is 0.886 bits per heavy atom. The molecule has 4 atom stereocenters. The van der Waals surface area contributed by atoms with E-state index in [1.165, 1.54) is 12.5 Å². The molecule has 35 heavy (non-hydrogen) atoms. The molecule has 1 aromatic rings. The van der Waals surface area contributed by atoms with Gasteiger partial charge < -0.3 is 42.0 Å². The maximum atomic E-state index is 13.0. The number of hydrogen-bond donors (Lipinski definition) is 9. The number of H-pyrrole nitrogens is 1. The Hall–Kier alpha value is -3.66. The van der Waals surface area contributed by atoms with Gasteiger partial charge in [-0.25, -0.2) is 9.78 Å². The minimum Gasteiger partial charge on any atom is -0.481 e. The van der Waals surface area contributed by atoms with Crippen LogP contribution in [0.3, 0.4) is 0 Å². The van der Waals surface area contributed by atoms with E-state index in [0.717, 1.165) is 0 Å². The normalized spacial score (nSPS) is 14.1. The fourth-order valence-electron chi connectivity index (χ4n) is 2.78. The number of carboxylic acid groups (broad SMARTS) is 3. The Bertz CT molecular complexity index is 911. The van der Waals surface area contributed by atoms with Gasteiger partial charge in [0.25, 0.3) is 0 Å². The van der Waals surface area contributed by atoms with Crippen molar-refractivity contribution in [3.05, 3.63) is 18.2 Å². The molecule has 3 amide bonds. The summed E-state index contributed by atoms with van der Waals surface area (Å²) in [5.74, 6) is -6.71. The number of aliphatic carboxylic acids is 3. The minimum atomic E-state index is -1.44. The third-order valence-corrected chi connectivity index (χ3v) is 5.06. The number of imidazole rings is 1. The van der Waals surface area contributed by atoms with Gasteiger partial charge in [0.1, 0.15) is 18.1 Å². The van der Waals surface area contributed by atoms with Gasteiger partial charge in [-0.1, -0.05) is 0 Å². The summed E-state index contributed by atoms with van der Waals surface area (Å²) in [6.07, 6.45) is 1.14. The highest BCUT2D eigenvalue weighted by atomic mass is 32.1. The smallest absolute Gasteiger partial charge is 0.327 e. The molecule has 0 aliphatic rings. The first-order valence-electron chi connectivity index (χ1n) is 10.4. The van der Waals surface area contributed by atoms with Crippen LogP contribution in [0.5, 0.6) is 0 Å². The summed E-state index contributed by atoms with van der Waals surface area (Å²) in [5, 5.41) is 33.7. The Morgan fingerprint density at radius 2 is 1.43 bits per heavy atom. The second-order valence-electron chi connectivity index (χ2n) is 7.46. The lowest BCUT2D eigenvalue weighted by Crippen LogP contribution is -2.57. The predicted molar refractivity (Wildman–Crippen MR) is 121 cm³/mol. The molecule has 9 N–H and O–H groups in total. The van der Waals surface area contributed by atoms with Crippen LogP contribution in [0.1, 0.15) is 31.4 Å². The highest BCUT2D eigenvalue weighted by Crippen LogP contribution is 2.05. The SMILES string of the molecule is NC(CCC(=O)O)C(=O)NC(Cc1cnc[nH]1)C(=O)NC(CCC(=O)O)C(=O)NC(CS)C(=O)O. The Kier molecular flexibility index (Phi) is 12.2. The molecule has 0 radical (unpaired) electrons. The van der Waals surface area contributed by atoms with E-state index in [-0.39, 0.29) is 31.4 Å². The van der Waals surface area contributed by atoms with E-state index in [1.807, 2.05) is 0 Å². The van der Waals surface area contributed by atoms with Crippen LogP contribution in [-0.2, 0) is 35.2 Å². The molecule has 0 saturated heterocycles. The molecular formula is C19H28N6O9S. The van der Waals surface area contributed by atoms with Crippen LogP contribution >= 0.6 is 12.6 Å². The average Bonchev–Trinajstić information content (AvgIpc) is 3.30. The van der Waals surface area contributed by atoms with Crippen LogP contribution < -0.4 is 21.7 Å². The number of nitrogens with two attached hydrogens (primary N) is 1. The summed E-state index contributed by atoms with van der Waals surface area (Å²) < 4.78 is 0. The number of aromatic amines is 1. The summed E-state index contributed by atoms with van der Waals surface area (Å²) in [6.45, 7) is 0. The van der Waals surface area contributed by atoms with Gasteiger partial charge in [-0.3, -0.25) is 24.0 Å². The second kappa shape index (κ2) is 14.6. The molecule has 1 heterocycles. The standard InChI is InChI=1S/C19H28N6O9S/c20-10(1-3-14(26)27)16(30)24-12(5-9-6-21-8-22-9)18(32)23-11(2-4-15(28)29)17(31)25-13(7-35)19(33)34/h6,8,10-13,35H,1-5,7,20H2,(H,21,22)(H,23,32)(H,24,30)(H,25,31)(H,26,27)(H,28,29)(H,33,34). The molecule has 1 aromatic heterocycles. The van der Waals surface area contributed by atoms with E-state index in [1.54, 1.807) is 0 Å². The number of amides is 3. The monoisotopic (exact) mass is 516 g/mol. The topological polar surface area (TPSA) is 254 Å². The van der Waals surface area contributed by atoms with E-state index in [2.05, 4.69) is 38.5 Å². The van der Waals surface area contributed by atoms with Gasteiger partial charge in [0.05, 0.1) is 12.4 Å². The van der Waals surface area contributed by atoms with Crippen molar-refractivity contribution >= 4 is 48.3 Å². The van der Waals surface area contributed by atoms with Crippen LogP contribution in [0.4, 0.5) is 0 Å². The molecule has 194 valence electrons. The molecule has 4 unspecified atom stereocenters. The van der Waals surface area contributed by atoms with E-state index < -0.39 is 66.2 Å². The van der Waals surface area contributed by atoms with Crippen molar-refractivity contribution in [2.75, 3.05) is 5.75 Å². The number of nitrogens with one attached hydrogen (secondary N) is 4. The van der Waals surface area contributed by atoms with Gasteiger partial charge >= 0.3 is 17.9 Å². The first-order valence-corrected chi connectivity index (χ1v) is 11.0. The van der Waals surface area contributed by atoms with E-state index >= 15 is 0 Å². The summed E-state index contributed by atoms with van der Waals surface area (Å²) in [5.41, 5.74) is 6.12. The van der Waals surface area contributed by atoms with Crippen LogP contribution in [0.2, 0.25) is 0 Å². The third kappa shape index (κ3) is 10.9. The number of rotatable bonds is 16. The Morgan fingerprint density at radius 3 is 1.94 bits per heavy atom. The Labute approximate surface area is 204 Å². The summed E-state index contributed by atoms with van der Waals surface area (Å²) in [7, 11) is 0. The first-order chi connectivity index (χ1) is 16.4. The zero-order valence-corrected chi connectivity index (χ0v) is 19.4. The lowest BCUT2D eigenvalue weighted by Gasteiger charge is -2.24. The molecule has 16 heteroatoms. The van der Waals surface area contributed by atoms with Gasteiger partial charge in [-0.2, -0.15) is 12.6 Å². The van der Waals surface area contributed by atoms with Crippen LogP contribution in [0.15, 0.2) is 12.5 Å². The van der Waals surface area contributed by atoms with Gasteiger partial charge in [0, 0.05) is 36.9 Å². The number of aromatic nitrogens is 2. The van der Waals surface area contributed by atoms with Gasteiger partial charge in [-0.05, 0) is 12.8 Å². The maximum absolute atomic E-state index is 13.0. The third-order valence-electron chi connectivity index (χ3n) is 4.69. The zero-order valence-electron chi connectivity index (χ0n) is 18.5. The minimum absolute atomic E-state index is 0.120. The molecule has 0 spiro atoms. The summed E-state index contributed by atoms with van der Waals surface area (Å²) in [6, 6.07) is -5.37. The van der Waals surface area contributed by atoms with Crippen molar-refractivity contribution < 1.29 is 44.1 Å². The van der Waals surface area contributed by atoms with E-state index in [9.17, 15) is 28.8 Å². The van der Waals surface area contributed by atoms with Crippen molar-refractivity contribution in [1.29, 1.82) is 0 Å². The van der Waals surface area contributed by atoms with Crippen LogP contribution in [0, 0.1) is 0 Å². The van der Waals surface area contributed by atoms with Gasteiger partial charge in [0.2, 0.25) is 17.7 Å². The molecule has 0 aliphatic heterocycles. The highest BCUT2D eigenvalue weighted by molar-refractivity contribution is 7.80. The van der Waals surface area contributed by atoms with Crippen molar-refractivity contribution in [2.45, 2.75) is 56.3 Å². The number of thiol groups is 1. The number of carboxylic acids is 3. The van der Waals surface area contributed by atoms with Crippen molar-refractivity contribution in [2.24, 2.45) is 5.73 Å². The Balaban J connectivity index is 3.03. The number of carbonyl (C=O) groups is 6. The molecule has 1 rings (SSSR count). The molecular weight excluding hydrogens is 488 g/mol. The highest BCUT2D eigenvalue weighted by Gasteiger charge is 2.30. The molecule has 0 bridgehead atoms. The fourth-order valence-corrected chi connectivity index (χ4v) is 3.03. The largest absolute Gasteiger partial charge is 0.481 e. The summed E-state index contributed by atoms with van der Waals surface area (Å²) in [4.78, 5) is 77.5. The molecule has 0 fully saturated rings. The first kappa shape index (κ1) is 29.4. The van der Waals surface area contributed by atoms with Gasteiger partial charge in [-0.15, -0.1) is 0 Å². The number of nitrogens with zero attached hydrogens (tertiary/aromatic N) is 1. The second-order valence-corrected chi connectivity index (χ2v) is 7.82. The zero-order chi connectivity index (χ0) is 26.5. The maximum Gasteiger partial charge on any atom is 0.327 e. The molecule has 0 aliphatic carbocycles. The molecule has 0 aromatic carbocycles. The number of hydrogen-bond acceptors (Lipinski definition) is 9. The lowest BCUT2D eigenvalue weighted by atomic mass is 10.1. The lowest BCUT2D eigenvalue weighted by molar-refractivity contribution is -0.142. The van der Waals surface area contributed by atoms with E-state index in [0.29, 0.717) is 5.69 Å². The quantitative estimate of drug-likeness (QED) is 0.104. The summed E-state index contributed by atoms with van der Waals surface area (Å²) >= 11 is 3.84.